The lowest BCUT2D eigenvalue weighted by molar-refractivity contribution is 0.102. The van der Waals surface area contributed by atoms with Crippen LogP contribution in [0.1, 0.15) is 33.5 Å². The normalized spacial score (nSPS) is 12.5. The van der Waals surface area contributed by atoms with E-state index in [2.05, 4.69) is 17.4 Å². The summed E-state index contributed by atoms with van der Waals surface area (Å²) in [6.07, 6.45) is 3.40. The number of hydrogen-bond acceptors (Lipinski definition) is 2. The van der Waals surface area contributed by atoms with Crippen LogP contribution >= 0.6 is 11.6 Å². The van der Waals surface area contributed by atoms with Gasteiger partial charge in [-0.1, -0.05) is 41.9 Å². The molecule has 1 aliphatic carbocycles. The number of benzene rings is 3. The summed E-state index contributed by atoms with van der Waals surface area (Å²) in [5, 5.41) is 3.69. The fourth-order valence-electron chi connectivity index (χ4n) is 3.37. The number of fused-ring (bicyclic) bond motifs is 1. The third-order valence-electron chi connectivity index (χ3n) is 4.80. The largest absolute Gasteiger partial charge is 0.488 e. The van der Waals surface area contributed by atoms with Gasteiger partial charge in [-0.3, -0.25) is 4.79 Å². The molecule has 0 atom stereocenters. The van der Waals surface area contributed by atoms with E-state index in [9.17, 15) is 4.79 Å². The van der Waals surface area contributed by atoms with Crippen molar-refractivity contribution in [3.8, 4) is 5.75 Å². The van der Waals surface area contributed by atoms with E-state index in [1.54, 1.807) is 6.07 Å². The van der Waals surface area contributed by atoms with Crippen molar-refractivity contribution in [1.29, 1.82) is 0 Å². The minimum atomic E-state index is -0.167. The first kappa shape index (κ1) is 17.6. The zero-order valence-corrected chi connectivity index (χ0v) is 15.6. The SMILES string of the molecule is O=C(Nc1ccc2c(c1)CCC2)c1ccccc1OCc1ccc(Cl)cc1. The van der Waals surface area contributed by atoms with Gasteiger partial charge in [-0.05, 0) is 72.4 Å². The summed E-state index contributed by atoms with van der Waals surface area (Å²) in [5.74, 6) is 0.394. The van der Waals surface area contributed by atoms with Crippen molar-refractivity contribution in [3.63, 3.8) is 0 Å². The second-order valence-corrected chi connectivity index (χ2v) is 7.14. The lowest BCUT2D eigenvalue weighted by Gasteiger charge is -2.12. The molecule has 0 spiro atoms. The quantitative estimate of drug-likeness (QED) is 0.623. The highest BCUT2D eigenvalue weighted by molar-refractivity contribution is 6.30. The van der Waals surface area contributed by atoms with Crippen LogP contribution in [0.3, 0.4) is 0 Å². The van der Waals surface area contributed by atoms with Crippen LogP contribution in [0, 0.1) is 0 Å². The third kappa shape index (κ3) is 4.15. The Labute approximate surface area is 163 Å². The summed E-state index contributed by atoms with van der Waals surface area (Å²) in [6.45, 7) is 0.375. The molecule has 0 unspecified atom stereocenters. The van der Waals surface area contributed by atoms with Gasteiger partial charge in [0.1, 0.15) is 12.4 Å². The molecule has 1 N–H and O–H groups in total. The van der Waals surface area contributed by atoms with Crippen LogP contribution in [0.5, 0.6) is 5.75 Å². The zero-order valence-electron chi connectivity index (χ0n) is 14.9. The maximum Gasteiger partial charge on any atom is 0.259 e. The molecule has 4 heteroatoms. The summed E-state index contributed by atoms with van der Waals surface area (Å²) in [6, 6.07) is 20.9. The molecule has 1 aliphatic rings. The Morgan fingerprint density at radius 2 is 1.74 bits per heavy atom. The molecule has 0 heterocycles. The van der Waals surface area contributed by atoms with Crippen LogP contribution in [-0.4, -0.2) is 5.91 Å². The van der Waals surface area contributed by atoms with E-state index in [4.69, 9.17) is 16.3 Å². The molecule has 4 rings (SSSR count). The molecule has 27 heavy (non-hydrogen) atoms. The van der Waals surface area contributed by atoms with Gasteiger partial charge in [0, 0.05) is 10.7 Å². The van der Waals surface area contributed by atoms with Crippen molar-refractivity contribution >= 4 is 23.2 Å². The molecule has 0 aliphatic heterocycles. The number of amides is 1. The van der Waals surface area contributed by atoms with Crippen molar-refractivity contribution < 1.29 is 9.53 Å². The van der Waals surface area contributed by atoms with Crippen LogP contribution in [0.4, 0.5) is 5.69 Å². The number of carbonyl (C=O) groups excluding carboxylic acids is 1. The van der Waals surface area contributed by atoms with E-state index >= 15 is 0 Å². The van der Waals surface area contributed by atoms with Gasteiger partial charge in [-0.25, -0.2) is 0 Å². The number of nitrogens with one attached hydrogen (secondary N) is 1. The van der Waals surface area contributed by atoms with E-state index in [1.165, 1.54) is 17.5 Å². The molecule has 0 aromatic heterocycles. The molecular weight excluding hydrogens is 358 g/mol. The van der Waals surface area contributed by atoms with Gasteiger partial charge in [-0.2, -0.15) is 0 Å². The van der Waals surface area contributed by atoms with Gasteiger partial charge in [-0.15, -0.1) is 0 Å². The van der Waals surface area contributed by atoms with Gasteiger partial charge in [0.2, 0.25) is 0 Å². The first-order valence-corrected chi connectivity index (χ1v) is 9.46. The van der Waals surface area contributed by atoms with E-state index in [0.29, 0.717) is 22.9 Å². The minimum absolute atomic E-state index is 0.167. The molecule has 136 valence electrons. The number of aryl methyl sites for hydroxylation is 2. The van der Waals surface area contributed by atoms with E-state index in [-0.39, 0.29) is 5.91 Å². The lowest BCUT2D eigenvalue weighted by atomic mass is 10.1. The Morgan fingerprint density at radius 3 is 2.59 bits per heavy atom. The average Bonchev–Trinajstić information content (AvgIpc) is 3.15. The zero-order chi connectivity index (χ0) is 18.6. The highest BCUT2D eigenvalue weighted by Gasteiger charge is 2.15. The van der Waals surface area contributed by atoms with Gasteiger partial charge in [0.15, 0.2) is 0 Å². The molecule has 0 radical (unpaired) electrons. The molecular formula is C23H20ClNO2. The Kier molecular flexibility index (Phi) is 5.12. The molecule has 3 aromatic rings. The summed E-state index contributed by atoms with van der Waals surface area (Å²) >= 11 is 5.91. The molecule has 0 saturated carbocycles. The topological polar surface area (TPSA) is 38.3 Å². The summed E-state index contributed by atoms with van der Waals surface area (Å²) in [7, 11) is 0. The van der Waals surface area contributed by atoms with Crippen molar-refractivity contribution in [3.05, 3.63) is 94.0 Å². The Balaban J connectivity index is 1.48. The second-order valence-electron chi connectivity index (χ2n) is 6.70. The van der Waals surface area contributed by atoms with Crippen molar-refractivity contribution in [2.75, 3.05) is 5.32 Å². The van der Waals surface area contributed by atoms with Gasteiger partial charge in [0.05, 0.1) is 5.56 Å². The molecule has 0 bridgehead atoms. The molecule has 3 nitrogen and oxygen atoms in total. The van der Waals surface area contributed by atoms with Crippen LogP contribution in [0.25, 0.3) is 0 Å². The number of anilines is 1. The van der Waals surface area contributed by atoms with Crippen LogP contribution in [-0.2, 0) is 19.4 Å². The molecule has 0 saturated heterocycles. The fraction of sp³-hybridized carbons (Fsp3) is 0.174. The monoisotopic (exact) mass is 377 g/mol. The number of carbonyl (C=O) groups is 1. The Morgan fingerprint density at radius 1 is 0.963 bits per heavy atom. The number of halogens is 1. The maximum atomic E-state index is 12.8. The number of ether oxygens (including phenoxy) is 1. The Hall–Kier alpha value is -2.78. The smallest absolute Gasteiger partial charge is 0.259 e. The predicted molar refractivity (Wildman–Crippen MR) is 109 cm³/mol. The molecule has 3 aromatic carbocycles. The highest BCUT2D eigenvalue weighted by atomic mass is 35.5. The van der Waals surface area contributed by atoms with Crippen molar-refractivity contribution in [2.24, 2.45) is 0 Å². The van der Waals surface area contributed by atoms with Crippen LogP contribution < -0.4 is 10.1 Å². The highest BCUT2D eigenvalue weighted by Crippen LogP contribution is 2.26. The molecule has 1 amide bonds. The van der Waals surface area contributed by atoms with Gasteiger partial charge in [0.25, 0.3) is 5.91 Å². The van der Waals surface area contributed by atoms with E-state index < -0.39 is 0 Å². The van der Waals surface area contributed by atoms with E-state index in [0.717, 1.165) is 24.1 Å². The van der Waals surface area contributed by atoms with E-state index in [1.807, 2.05) is 48.5 Å². The number of hydrogen-bond donors (Lipinski definition) is 1. The average molecular weight is 378 g/mol. The first-order chi connectivity index (χ1) is 13.2. The third-order valence-corrected chi connectivity index (χ3v) is 5.05. The van der Waals surface area contributed by atoms with Crippen molar-refractivity contribution in [2.45, 2.75) is 25.9 Å². The molecule has 0 fully saturated rings. The van der Waals surface area contributed by atoms with Crippen molar-refractivity contribution in [1.82, 2.24) is 0 Å². The van der Waals surface area contributed by atoms with Crippen LogP contribution in [0.2, 0.25) is 5.02 Å². The minimum Gasteiger partial charge on any atom is -0.488 e. The predicted octanol–water partition coefficient (Wildman–Crippen LogP) is 5.66. The number of para-hydroxylation sites is 1. The summed E-state index contributed by atoms with van der Waals surface area (Å²) in [5.41, 5.74) is 5.06. The Bertz CT molecular complexity index is 966. The fourth-order valence-corrected chi connectivity index (χ4v) is 3.50. The van der Waals surface area contributed by atoms with Crippen LogP contribution in [0.15, 0.2) is 66.7 Å². The number of rotatable bonds is 5. The maximum absolute atomic E-state index is 12.8. The summed E-state index contributed by atoms with van der Waals surface area (Å²) in [4.78, 5) is 12.8. The first-order valence-electron chi connectivity index (χ1n) is 9.08. The standard InChI is InChI=1S/C23H20ClNO2/c24-19-11-8-16(9-12-19)15-27-22-7-2-1-6-21(22)23(26)25-20-13-10-17-4-3-5-18(17)14-20/h1-2,6-14H,3-5,15H2,(H,25,26). The lowest BCUT2D eigenvalue weighted by Crippen LogP contribution is -2.14. The van der Waals surface area contributed by atoms with Gasteiger partial charge < -0.3 is 10.1 Å². The summed E-state index contributed by atoms with van der Waals surface area (Å²) < 4.78 is 5.89. The van der Waals surface area contributed by atoms with Gasteiger partial charge >= 0.3 is 0 Å². The second kappa shape index (κ2) is 7.85.